The molecule has 0 saturated carbocycles. The maximum atomic E-state index is 11.6. The fourth-order valence-electron chi connectivity index (χ4n) is 1.66. The molecular weight excluding hydrogens is 242 g/mol. The van der Waals surface area contributed by atoms with Gasteiger partial charge in [0.15, 0.2) is 6.61 Å². The van der Waals surface area contributed by atoms with Crippen LogP contribution in [0.4, 0.5) is 0 Å². The lowest BCUT2D eigenvalue weighted by atomic mass is 10.1. The molecule has 2 unspecified atom stereocenters. The number of nitrogens with one attached hydrogen (secondary N) is 1. The number of hydrogen-bond acceptors (Lipinski definition) is 3. The molecule has 0 aliphatic carbocycles. The van der Waals surface area contributed by atoms with E-state index in [1.165, 1.54) is 0 Å². The van der Waals surface area contributed by atoms with E-state index >= 15 is 0 Å². The second-order valence-corrected chi connectivity index (χ2v) is 4.87. The van der Waals surface area contributed by atoms with Crippen LogP contribution >= 0.6 is 0 Å². The van der Waals surface area contributed by atoms with Gasteiger partial charge in [-0.1, -0.05) is 13.0 Å². The summed E-state index contributed by atoms with van der Waals surface area (Å²) in [5, 5.41) is 12.3. The first kappa shape index (κ1) is 15.5. The standard InChI is InChI=1S/C15H23NO3/c1-5-11(3)16-15(18)9-19-14-7-6-13(12(4)17)8-10(14)2/h6-8,11-12,17H,5,9H2,1-4H3,(H,16,18). The Hall–Kier alpha value is -1.55. The molecule has 1 aromatic carbocycles. The first-order valence-electron chi connectivity index (χ1n) is 6.64. The highest BCUT2D eigenvalue weighted by Crippen LogP contribution is 2.22. The van der Waals surface area contributed by atoms with Crippen molar-refractivity contribution in [1.29, 1.82) is 0 Å². The molecule has 1 rings (SSSR count). The molecule has 4 nitrogen and oxygen atoms in total. The average molecular weight is 265 g/mol. The van der Waals surface area contributed by atoms with Gasteiger partial charge in [0.05, 0.1) is 6.10 Å². The lowest BCUT2D eigenvalue weighted by Gasteiger charge is -2.14. The van der Waals surface area contributed by atoms with Crippen molar-refractivity contribution in [2.45, 2.75) is 46.3 Å². The SMILES string of the molecule is CCC(C)NC(=O)COc1ccc(C(C)O)cc1C. The largest absolute Gasteiger partial charge is 0.484 e. The topological polar surface area (TPSA) is 58.6 Å². The second kappa shape index (κ2) is 7.14. The van der Waals surface area contributed by atoms with E-state index in [0.717, 1.165) is 17.5 Å². The lowest BCUT2D eigenvalue weighted by molar-refractivity contribution is -0.123. The molecule has 1 aromatic rings. The quantitative estimate of drug-likeness (QED) is 0.830. The smallest absolute Gasteiger partial charge is 0.258 e. The van der Waals surface area contributed by atoms with Crippen molar-refractivity contribution in [2.75, 3.05) is 6.61 Å². The number of carbonyl (C=O) groups is 1. The van der Waals surface area contributed by atoms with E-state index in [1.54, 1.807) is 19.1 Å². The van der Waals surface area contributed by atoms with Crippen molar-refractivity contribution < 1.29 is 14.6 Å². The van der Waals surface area contributed by atoms with E-state index in [2.05, 4.69) is 5.32 Å². The Morgan fingerprint density at radius 3 is 2.63 bits per heavy atom. The lowest BCUT2D eigenvalue weighted by Crippen LogP contribution is -2.35. The van der Waals surface area contributed by atoms with E-state index in [0.29, 0.717) is 5.75 Å². The van der Waals surface area contributed by atoms with Crippen LogP contribution in [0.1, 0.15) is 44.4 Å². The predicted octanol–water partition coefficient (Wildman–Crippen LogP) is 2.34. The molecule has 0 aliphatic rings. The van der Waals surface area contributed by atoms with Crippen molar-refractivity contribution in [1.82, 2.24) is 5.32 Å². The third kappa shape index (κ3) is 4.91. The Balaban J connectivity index is 2.56. The zero-order valence-electron chi connectivity index (χ0n) is 12.1. The van der Waals surface area contributed by atoms with E-state index in [1.807, 2.05) is 26.8 Å². The van der Waals surface area contributed by atoms with Gasteiger partial charge in [0.1, 0.15) is 5.75 Å². The summed E-state index contributed by atoms with van der Waals surface area (Å²) in [6.07, 6.45) is 0.398. The van der Waals surface area contributed by atoms with E-state index < -0.39 is 6.10 Å². The van der Waals surface area contributed by atoms with Gasteiger partial charge in [-0.05, 0) is 50.5 Å². The number of aliphatic hydroxyl groups is 1. The predicted molar refractivity (Wildman–Crippen MR) is 75.2 cm³/mol. The monoisotopic (exact) mass is 265 g/mol. The summed E-state index contributed by atoms with van der Waals surface area (Å²) >= 11 is 0. The third-order valence-corrected chi connectivity index (χ3v) is 3.06. The molecule has 2 N–H and O–H groups in total. The van der Waals surface area contributed by atoms with Crippen LogP contribution in [0.25, 0.3) is 0 Å². The van der Waals surface area contributed by atoms with Gasteiger partial charge in [-0.2, -0.15) is 0 Å². The number of aliphatic hydroxyl groups excluding tert-OH is 1. The van der Waals surface area contributed by atoms with Gasteiger partial charge in [-0.25, -0.2) is 0 Å². The molecule has 0 spiro atoms. The van der Waals surface area contributed by atoms with Crippen LogP contribution < -0.4 is 10.1 Å². The van der Waals surface area contributed by atoms with Crippen molar-refractivity contribution in [3.05, 3.63) is 29.3 Å². The molecule has 0 aliphatic heterocycles. The normalized spacial score (nSPS) is 13.7. The Bertz CT molecular complexity index is 429. The molecule has 0 aromatic heterocycles. The van der Waals surface area contributed by atoms with Gasteiger partial charge in [0.25, 0.3) is 5.91 Å². The van der Waals surface area contributed by atoms with Crippen LogP contribution in [-0.2, 0) is 4.79 Å². The maximum absolute atomic E-state index is 11.6. The summed E-state index contributed by atoms with van der Waals surface area (Å²) in [5.74, 6) is 0.553. The zero-order chi connectivity index (χ0) is 14.4. The fraction of sp³-hybridized carbons (Fsp3) is 0.533. The van der Waals surface area contributed by atoms with E-state index in [9.17, 15) is 9.90 Å². The molecule has 106 valence electrons. The Kier molecular flexibility index (Phi) is 5.83. The number of amides is 1. The molecule has 0 fully saturated rings. The molecule has 0 heterocycles. The number of ether oxygens (including phenoxy) is 1. The zero-order valence-corrected chi connectivity index (χ0v) is 12.1. The Morgan fingerprint density at radius 2 is 2.11 bits per heavy atom. The van der Waals surface area contributed by atoms with Crippen molar-refractivity contribution in [3.63, 3.8) is 0 Å². The number of hydrogen-bond donors (Lipinski definition) is 2. The summed E-state index contributed by atoms with van der Waals surface area (Å²) in [5.41, 5.74) is 1.75. The molecule has 1 amide bonds. The minimum absolute atomic E-state index is 0.0131. The summed E-state index contributed by atoms with van der Waals surface area (Å²) < 4.78 is 5.49. The summed E-state index contributed by atoms with van der Waals surface area (Å²) in [7, 11) is 0. The van der Waals surface area contributed by atoms with Crippen LogP contribution in [0.5, 0.6) is 5.75 Å². The van der Waals surface area contributed by atoms with Gasteiger partial charge in [0, 0.05) is 6.04 Å². The first-order valence-corrected chi connectivity index (χ1v) is 6.64. The second-order valence-electron chi connectivity index (χ2n) is 4.87. The first-order chi connectivity index (χ1) is 8.93. The molecule has 19 heavy (non-hydrogen) atoms. The molecule has 2 atom stereocenters. The minimum atomic E-state index is -0.499. The van der Waals surface area contributed by atoms with Gasteiger partial charge >= 0.3 is 0 Å². The fourth-order valence-corrected chi connectivity index (χ4v) is 1.66. The third-order valence-electron chi connectivity index (χ3n) is 3.06. The summed E-state index contributed by atoms with van der Waals surface area (Å²) in [6.45, 7) is 7.60. The van der Waals surface area contributed by atoms with Gasteiger partial charge in [-0.3, -0.25) is 4.79 Å². The summed E-state index contributed by atoms with van der Waals surface area (Å²) in [6, 6.07) is 5.62. The van der Waals surface area contributed by atoms with Crippen molar-refractivity contribution in [2.24, 2.45) is 0 Å². The number of rotatable bonds is 6. The van der Waals surface area contributed by atoms with Crippen molar-refractivity contribution in [3.8, 4) is 5.75 Å². The highest BCUT2D eigenvalue weighted by molar-refractivity contribution is 5.77. The highest BCUT2D eigenvalue weighted by atomic mass is 16.5. The molecule has 0 saturated heterocycles. The van der Waals surface area contributed by atoms with Crippen LogP contribution in [-0.4, -0.2) is 23.7 Å². The molecule has 4 heteroatoms. The minimum Gasteiger partial charge on any atom is -0.484 e. The number of carbonyl (C=O) groups excluding carboxylic acids is 1. The maximum Gasteiger partial charge on any atom is 0.258 e. The molecule has 0 radical (unpaired) electrons. The molecular formula is C15H23NO3. The van der Waals surface area contributed by atoms with Gasteiger partial charge < -0.3 is 15.2 Å². The van der Waals surface area contributed by atoms with Gasteiger partial charge in [0.2, 0.25) is 0 Å². The Morgan fingerprint density at radius 1 is 1.42 bits per heavy atom. The van der Waals surface area contributed by atoms with Crippen LogP contribution in [0.3, 0.4) is 0 Å². The Labute approximate surface area is 114 Å². The number of benzene rings is 1. The molecule has 0 bridgehead atoms. The van der Waals surface area contributed by atoms with Crippen LogP contribution in [0, 0.1) is 6.92 Å². The van der Waals surface area contributed by atoms with Crippen molar-refractivity contribution >= 4 is 5.91 Å². The van der Waals surface area contributed by atoms with E-state index in [-0.39, 0.29) is 18.6 Å². The summed E-state index contributed by atoms with van der Waals surface area (Å²) in [4.78, 5) is 11.6. The van der Waals surface area contributed by atoms with Crippen LogP contribution in [0.2, 0.25) is 0 Å². The van der Waals surface area contributed by atoms with E-state index in [4.69, 9.17) is 4.74 Å². The number of aryl methyl sites for hydroxylation is 1. The average Bonchev–Trinajstić information content (AvgIpc) is 2.36. The van der Waals surface area contributed by atoms with Crippen LogP contribution in [0.15, 0.2) is 18.2 Å². The van der Waals surface area contributed by atoms with Gasteiger partial charge in [-0.15, -0.1) is 0 Å². The highest BCUT2D eigenvalue weighted by Gasteiger charge is 2.09.